The van der Waals surface area contributed by atoms with E-state index in [-0.39, 0.29) is 94.2 Å². The van der Waals surface area contributed by atoms with Gasteiger partial charge in [0.1, 0.15) is 16.7 Å². The third-order valence-corrected chi connectivity index (χ3v) is 16.5. The molecule has 0 spiro atoms. The highest BCUT2D eigenvalue weighted by Gasteiger charge is 2.36. The number of fused-ring (bicyclic) bond motifs is 3. The maximum Gasteiger partial charge on any atom is 0.345 e. The fourth-order valence-electron chi connectivity index (χ4n) is 9.27. The molecular formula is C83H86Cl7F9N6O17. The molecular weight excluding hydrogens is 1770 g/mol. The highest BCUT2D eigenvalue weighted by Crippen LogP contribution is 2.37. The van der Waals surface area contributed by atoms with E-state index in [9.17, 15) is 82.7 Å². The van der Waals surface area contributed by atoms with Crippen LogP contribution in [0.5, 0.6) is 0 Å². The summed E-state index contributed by atoms with van der Waals surface area (Å²) in [6.45, 7) is 8.67. The molecule has 0 radical (unpaired) electrons. The third-order valence-electron chi connectivity index (χ3n) is 14.9. The second-order valence-electron chi connectivity index (χ2n) is 23.3. The molecule has 0 bridgehead atoms. The Morgan fingerprint density at radius 1 is 0.557 bits per heavy atom. The van der Waals surface area contributed by atoms with Crippen molar-refractivity contribution in [3.8, 4) is 0 Å². The van der Waals surface area contributed by atoms with Crippen molar-refractivity contribution in [2.24, 2.45) is 5.73 Å². The molecule has 39 heteroatoms. The summed E-state index contributed by atoms with van der Waals surface area (Å²) >= 11 is 36.1. The molecule has 1 atom stereocenters. The topological polar surface area (TPSA) is 335 Å². The number of allylic oxidation sites excluding steroid dienone is 6. The molecule has 23 nitrogen and oxygen atoms in total. The number of hydrogen-bond donors (Lipinski definition) is 4. The van der Waals surface area contributed by atoms with Crippen LogP contribution in [0, 0.1) is 52.4 Å². The number of aliphatic hydroxyl groups excluding tert-OH is 2. The number of carbonyl (C=O) groups is 7. The molecule has 0 saturated carbocycles. The van der Waals surface area contributed by atoms with Crippen molar-refractivity contribution in [2.75, 3.05) is 41.2 Å². The standard InChI is InChI=1S/C15H12F3NO3.C13H8F3NO3.C11H16O5.C10H6Cl3NO.C10H9NO2.C8H7N.C7H6F3N.C4H10O.C2Cl4O.CH4O.2CH4/c1-2-22-15(21)10-4-3-5-19(14(10)20)8-9-6-11(16)13(18)12(17)7-9;14-9-4-7(5-10(15)11(9)16)6-17-3-1-2-8(12(17)18)13(19)20;1-4-15-10(12)9(7-6-8-14-3)11(13)16-5-2;11-10(12,13)9(15)7-3-4-8-6(7)2-1-5-14-8;1-13-10(12)8-4-5-9-7(8)3-2-6-11-9;1-3-7-4-2-6-9-8(7)5-1;8-5-1-4(3-11)2-6(9)7(5)10;1-3-4(2)5;3-1(7)2(4,5)6;1-2;;/h3-7H,2,8H2,1H3;1-5H,6H2,(H,19,20);6-8H,4-5H2,1-3H3;1-3,5H,4H2;2-4,6H,5H2,1H3;1-4,6H,5H2;1-2H,3,11H2;4-5H,3H2,1-2H3;;2H,1H3;2*1H4/b;;8-6+;;;;;;;;;. The number of ether oxygens (including phenoxy) is 5. The number of benzene rings is 3. The lowest BCUT2D eigenvalue weighted by Gasteiger charge is -2.10. The van der Waals surface area contributed by atoms with Gasteiger partial charge in [0.15, 0.2) is 52.4 Å². The monoisotopic (exact) mass is 1850 g/mol. The molecule has 122 heavy (non-hydrogen) atoms. The summed E-state index contributed by atoms with van der Waals surface area (Å²) in [6, 6.07) is 21.3. The van der Waals surface area contributed by atoms with Crippen molar-refractivity contribution in [2.45, 2.75) is 108 Å². The smallest absolute Gasteiger partial charge is 0.345 e. The first-order valence-corrected chi connectivity index (χ1v) is 37.4. The van der Waals surface area contributed by atoms with E-state index in [1.165, 1.54) is 74.5 Å². The van der Waals surface area contributed by atoms with Gasteiger partial charge in [0, 0.05) is 80.6 Å². The van der Waals surface area contributed by atoms with Gasteiger partial charge in [0.25, 0.3) is 23.9 Å². The number of hydrogen-bond acceptors (Lipinski definition) is 20. The minimum Gasteiger partial charge on any atom is -0.504 e. The van der Waals surface area contributed by atoms with Crippen molar-refractivity contribution in [1.29, 1.82) is 0 Å². The molecule has 0 amide bonds. The van der Waals surface area contributed by atoms with E-state index in [0.717, 1.165) is 100 Å². The maximum atomic E-state index is 13.2. The first-order valence-electron chi connectivity index (χ1n) is 34.8. The molecule has 5 aromatic heterocycles. The van der Waals surface area contributed by atoms with Gasteiger partial charge in [-0.15, -0.1) is 0 Å². The Morgan fingerprint density at radius 3 is 1.31 bits per heavy atom. The molecule has 11 rings (SSSR count). The number of rotatable bonds is 17. The first kappa shape index (κ1) is 111. The Morgan fingerprint density at radius 2 is 0.943 bits per heavy atom. The molecule has 3 aliphatic carbocycles. The second-order valence-corrected chi connectivity index (χ2v) is 28.2. The number of alkyl halides is 6. The number of carboxylic acids is 1. The van der Waals surface area contributed by atoms with Crippen LogP contribution < -0.4 is 16.9 Å². The number of carbonyl (C=O) groups excluding carboxylic acids is 6. The molecule has 8 aromatic rings. The number of ketones is 1. The van der Waals surface area contributed by atoms with Crippen LogP contribution in [0.2, 0.25) is 0 Å². The highest BCUT2D eigenvalue weighted by atomic mass is 35.6. The number of nitrogens with zero attached hydrogens (tertiary/aromatic N) is 5. The van der Waals surface area contributed by atoms with Gasteiger partial charge >= 0.3 is 29.8 Å². The van der Waals surface area contributed by atoms with Gasteiger partial charge in [-0.3, -0.25) is 34.1 Å². The average Bonchev–Trinajstić information content (AvgIpc) is 1.61. The summed E-state index contributed by atoms with van der Waals surface area (Å²) in [4.78, 5) is 114. The van der Waals surface area contributed by atoms with E-state index < -0.39 is 112 Å². The summed E-state index contributed by atoms with van der Waals surface area (Å²) in [5.41, 5.74) is 10.1. The number of Topliss-reactive ketones (excluding diaryl/α,β-unsaturated/α-hetero) is 1. The second kappa shape index (κ2) is 57.0. The Hall–Kier alpha value is -10.5. The van der Waals surface area contributed by atoms with Crippen LogP contribution in [0.1, 0.15) is 127 Å². The van der Waals surface area contributed by atoms with E-state index in [1.807, 2.05) is 37.4 Å². The number of halogens is 16. The minimum absolute atomic E-state index is 0. The van der Waals surface area contributed by atoms with Gasteiger partial charge in [-0.25, -0.2) is 63.5 Å². The molecule has 662 valence electrons. The van der Waals surface area contributed by atoms with Gasteiger partial charge in [0.2, 0.25) is 5.78 Å². The molecule has 0 fully saturated rings. The summed E-state index contributed by atoms with van der Waals surface area (Å²) in [5, 5.41) is 23.2. The lowest BCUT2D eigenvalue weighted by Crippen LogP contribution is -2.27. The number of aromatic carboxylic acids is 1. The summed E-state index contributed by atoms with van der Waals surface area (Å²) in [7, 11) is 3.84. The Kier molecular flexibility index (Phi) is 52.0. The number of esters is 4. The molecule has 5 N–H and O–H groups in total. The van der Waals surface area contributed by atoms with Crippen molar-refractivity contribution in [3.05, 3.63) is 305 Å². The van der Waals surface area contributed by atoms with Crippen LogP contribution in [0.3, 0.4) is 0 Å². The van der Waals surface area contributed by atoms with Crippen molar-refractivity contribution in [1.82, 2.24) is 24.1 Å². The largest absolute Gasteiger partial charge is 0.504 e. The van der Waals surface area contributed by atoms with Crippen LogP contribution in [0.15, 0.2) is 180 Å². The predicted molar refractivity (Wildman–Crippen MR) is 448 cm³/mol. The molecule has 0 saturated heterocycles. The fourth-order valence-corrected chi connectivity index (χ4v) is 9.57. The fraction of sp³-hybridized carbons (Fsp3) is 0.277. The molecule has 0 aliphatic heterocycles. The zero-order valence-electron chi connectivity index (χ0n) is 64.7. The van der Waals surface area contributed by atoms with Gasteiger partial charge in [-0.2, -0.15) is 0 Å². The van der Waals surface area contributed by atoms with Gasteiger partial charge in [0.05, 0.1) is 82.2 Å². The number of aromatic nitrogens is 5. The van der Waals surface area contributed by atoms with Crippen molar-refractivity contribution < 1.29 is 112 Å². The number of nitrogens with two attached hydrogens (primary N) is 1. The minimum atomic E-state index is -1.96. The zero-order chi connectivity index (χ0) is 90.7. The van der Waals surface area contributed by atoms with Gasteiger partial charge in [-0.05, 0) is 159 Å². The number of pyridine rings is 5. The van der Waals surface area contributed by atoms with Crippen LogP contribution in [0.25, 0.3) is 17.2 Å². The van der Waals surface area contributed by atoms with Crippen molar-refractivity contribution >= 4 is 139 Å². The molecule has 1 unspecified atom stereocenters. The first-order chi connectivity index (χ1) is 56.7. The molecule has 5 heterocycles. The average molecular weight is 1860 g/mol. The predicted octanol–water partition coefficient (Wildman–Crippen LogP) is 16.8. The third kappa shape index (κ3) is 37.0. The van der Waals surface area contributed by atoms with E-state index in [4.69, 9.17) is 116 Å². The van der Waals surface area contributed by atoms with Crippen LogP contribution in [-0.4, -0.2) is 135 Å². The Balaban J connectivity index is 0.00000138. The molecule has 3 aromatic carbocycles. The van der Waals surface area contributed by atoms with Crippen LogP contribution in [0.4, 0.5) is 39.5 Å². The van der Waals surface area contributed by atoms with Gasteiger partial charge in [-0.1, -0.05) is 134 Å². The summed E-state index contributed by atoms with van der Waals surface area (Å²) in [5.74, 6) is -16.8. The quantitative estimate of drug-likeness (QED) is 0.00562. The lowest BCUT2D eigenvalue weighted by atomic mass is 10.1. The zero-order valence-corrected chi connectivity index (χ0v) is 70.0. The number of carboxylic acid groups (broad SMARTS) is 1. The number of aliphatic hydroxyl groups is 2. The Bertz CT molecular complexity index is 5030. The number of methoxy groups -OCH3 is 2. The normalized spacial score (nSPS) is 11.4. The summed E-state index contributed by atoms with van der Waals surface area (Å²) < 4.78 is 137. The highest BCUT2D eigenvalue weighted by molar-refractivity contribution is 6.88. The van der Waals surface area contributed by atoms with Gasteiger partial charge < -0.3 is 53.9 Å². The molecule has 3 aliphatic rings. The van der Waals surface area contributed by atoms with Crippen LogP contribution >= 0.6 is 81.2 Å². The maximum absolute atomic E-state index is 13.2. The van der Waals surface area contributed by atoms with E-state index >= 15 is 0 Å². The SMILES string of the molecule is C.C.C1=Cc2cccnc2C1.CCC(C)O.CCOC(=O)C(=C/C=C/OC)C(=O)OCC.CCOC(=O)c1cccn(Cc2cc(F)c(F)c(F)c2)c1=O.CO.COC(=O)C1=CCc2ncccc21.NCc1cc(F)c(F)c(F)c1.O=C(C1=CCc2ncccc21)C(Cl)(Cl)Cl.O=C(Cl)C(Cl)(Cl)Cl.O=C(O)c1cccn(Cc2cc(F)c(F)c(F)c2)c1=O. The van der Waals surface area contributed by atoms with E-state index in [1.54, 1.807) is 58.3 Å². The van der Waals surface area contributed by atoms with Crippen molar-refractivity contribution in [3.63, 3.8) is 0 Å². The van der Waals surface area contributed by atoms with E-state index in [0.29, 0.717) is 17.6 Å². The summed E-state index contributed by atoms with van der Waals surface area (Å²) in [6.07, 6.45) is 22.8. The van der Waals surface area contributed by atoms with Crippen LogP contribution in [-0.2, 0) is 86.6 Å². The van der Waals surface area contributed by atoms with E-state index in [2.05, 4.69) is 42.6 Å². The lowest BCUT2D eigenvalue weighted by molar-refractivity contribution is -0.146. The Labute approximate surface area is 731 Å².